The highest BCUT2D eigenvalue weighted by atomic mass is 16.5. The molecule has 2 bridgehead atoms. The number of carbonyl (C=O) groups excluding carboxylic acids is 2. The summed E-state index contributed by atoms with van der Waals surface area (Å²) in [6.07, 6.45) is 1.54. The molecule has 0 saturated carbocycles. The van der Waals surface area contributed by atoms with Crippen LogP contribution >= 0.6 is 0 Å². The number of ether oxygens (including phenoxy) is 1. The third kappa shape index (κ3) is 3.67. The van der Waals surface area contributed by atoms with E-state index in [0.29, 0.717) is 37.8 Å². The van der Waals surface area contributed by atoms with Crippen LogP contribution in [-0.2, 0) is 14.3 Å². The number of aromatic nitrogens is 2. The minimum absolute atomic E-state index is 0.0589. The quantitative estimate of drug-likeness (QED) is 0.663. The van der Waals surface area contributed by atoms with Crippen molar-refractivity contribution in [1.29, 1.82) is 0 Å². The average molecular weight is 324 g/mol. The molecule has 1 aromatic rings. The second-order valence-corrected chi connectivity index (χ2v) is 5.54. The van der Waals surface area contributed by atoms with Crippen LogP contribution in [0.25, 0.3) is 0 Å². The summed E-state index contributed by atoms with van der Waals surface area (Å²) in [5, 5.41) is 6.89. The predicted molar refractivity (Wildman–Crippen MR) is 78.8 cm³/mol. The van der Waals surface area contributed by atoms with Crippen molar-refractivity contribution in [3.8, 4) is 0 Å². The zero-order valence-electron chi connectivity index (χ0n) is 13.1. The minimum Gasteiger partial charge on any atom is -0.483 e. The first-order chi connectivity index (χ1) is 11.0. The second kappa shape index (κ2) is 7.23. The first-order valence-corrected chi connectivity index (χ1v) is 7.21. The number of nitrogens with zero attached hydrogens (tertiary/aromatic N) is 3. The summed E-state index contributed by atoms with van der Waals surface area (Å²) >= 11 is 0. The van der Waals surface area contributed by atoms with Crippen molar-refractivity contribution in [2.75, 3.05) is 33.4 Å². The van der Waals surface area contributed by atoms with Crippen molar-refractivity contribution < 1.29 is 24.2 Å². The van der Waals surface area contributed by atoms with Gasteiger partial charge in [0.1, 0.15) is 11.5 Å². The summed E-state index contributed by atoms with van der Waals surface area (Å²) < 4.78 is 5.52. The van der Waals surface area contributed by atoms with Crippen LogP contribution in [0.2, 0.25) is 0 Å². The lowest BCUT2D eigenvalue weighted by Gasteiger charge is -2.29. The lowest BCUT2D eigenvalue weighted by molar-refractivity contribution is -0.134. The molecule has 23 heavy (non-hydrogen) atoms. The molecule has 2 atom stereocenters. The standard InChI is InChI=1S/C13H18N4O3.CH2O2/c1-8-14-3-11(15-8)13(19)17-4-9-6-20-7-10(5-17)16(2)12(9)18;2-1-3/h3,9-10H,4-7H2,1-2H3,(H,14,15);1H,(H,2,3)/t9-,10+;/m1./s1. The maximum Gasteiger partial charge on any atom is 0.290 e. The summed E-state index contributed by atoms with van der Waals surface area (Å²) in [5.74, 6) is 0.384. The van der Waals surface area contributed by atoms with Crippen LogP contribution in [0.4, 0.5) is 0 Å². The molecule has 0 unspecified atom stereocenters. The molecule has 3 heterocycles. The molecule has 2 aliphatic rings. The number of imidazole rings is 1. The van der Waals surface area contributed by atoms with Crippen molar-refractivity contribution in [1.82, 2.24) is 19.8 Å². The zero-order chi connectivity index (χ0) is 17.0. The third-order valence-electron chi connectivity index (χ3n) is 3.97. The van der Waals surface area contributed by atoms with Gasteiger partial charge in [-0.15, -0.1) is 0 Å². The monoisotopic (exact) mass is 324 g/mol. The SMILES string of the molecule is Cc1ncc(C(=O)N2C[C@@H]3COC[C@H](C2)N(C)C3=O)[nH]1.O=CO. The molecule has 0 aliphatic carbocycles. The minimum atomic E-state index is -0.277. The highest BCUT2D eigenvalue weighted by Crippen LogP contribution is 2.20. The molecular formula is C14H20N4O5. The number of aryl methyl sites for hydroxylation is 1. The van der Waals surface area contributed by atoms with E-state index in [4.69, 9.17) is 14.6 Å². The maximum absolute atomic E-state index is 12.5. The molecule has 3 rings (SSSR count). The van der Waals surface area contributed by atoms with E-state index in [2.05, 4.69) is 9.97 Å². The van der Waals surface area contributed by atoms with E-state index in [1.54, 1.807) is 30.0 Å². The van der Waals surface area contributed by atoms with Crippen LogP contribution in [-0.4, -0.2) is 82.6 Å². The number of likely N-dealkylation sites (N-methyl/N-ethyl adjacent to an activating group) is 1. The van der Waals surface area contributed by atoms with Crippen LogP contribution in [0.5, 0.6) is 0 Å². The fourth-order valence-corrected chi connectivity index (χ4v) is 2.76. The number of H-pyrrole nitrogens is 1. The smallest absolute Gasteiger partial charge is 0.290 e. The van der Waals surface area contributed by atoms with Gasteiger partial charge in [-0.3, -0.25) is 14.4 Å². The summed E-state index contributed by atoms with van der Waals surface area (Å²) in [4.78, 5) is 43.5. The van der Waals surface area contributed by atoms with Gasteiger partial charge in [-0.05, 0) is 6.92 Å². The van der Waals surface area contributed by atoms with Crippen molar-refractivity contribution in [3.05, 3.63) is 17.7 Å². The van der Waals surface area contributed by atoms with Crippen LogP contribution in [0.3, 0.4) is 0 Å². The van der Waals surface area contributed by atoms with Gasteiger partial charge >= 0.3 is 0 Å². The molecule has 0 radical (unpaired) electrons. The lowest BCUT2D eigenvalue weighted by atomic mass is 10.1. The molecule has 9 nitrogen and oxygen atoms in total. The van der Waals surface area contributed by atoms with E-state index in [1.165, 1.54) is 0 Å². The van der Waals surface area contributed by atoms with E-state index in [1.807, 2.05) is 0 Å². The number of amides is 2. The van der Waals surface area contributed by atoms with Crippen molar-refractivity contribution in [3.63, 3.8) is 0 Å². The van der Waals surface area contributed by atoms with Gasteiger partial charge in [-0.25, -0.2) is 4.98 Å². The van der Waals surface area contributed by atoms with Crippen LogP contribution in [0.1, 0.15) is 16.3 Å². The Morgan fingerprint density at radius 3 is 2.78 bits per heavy atom. The Bertz CT molecular complexity index is 587. The van der Waals surface area contributed by atoms with Gasteiger partial charge in [0, 0.05) is 20.1 Å². The highest BCUT2D eigenvalue weighted by molar-refractivity contribution is 5.93. The van der Waals surface area contributed by atoms with Gasteiger partial charge in [0.2, 0.25) is 5.91 Å². The number of aromatic amines is 1. The molecule has 126 valence electrons. The fraction of sp³-hybridized carbons (Fsp3) is 0.571. The molecule has 9 heteroatoms. The molecule has 2 N–H and O–H groups in total. The molecule has 2 fully saturated rings. The number of hydrogen-bond acceptors (Lipinski definition) is 5. The summed E-state index contributed by atoms with van der Waals surface area (Å²) in [5.41, 5.74) is 0.471. The Balaban J connectivity index is 0.000000595. The maximum atomic E-state index is 12.5. The van der Waals surface area contributed by atoms with E-state index in [0.717, 1.165) is 0 Å². The van der Waals surface area contributed by atoms with E-state index in [-0.39, 0.29) is 30.2 Å². The van der Waals surface area contributed by atoms with E-state index in [9.17, 15) is 9.59 Å². The Morgan fingerprint density at radius 2 is 2.17 bits per heavy atom. The molecule has 0 spiro atoms. The summed E-state index contributed by atoms with van der Waals surface area (Å²) in [7, 11) is 1.78. The number of carboxylic acid groups (broad SMARTS) is 1. The Morgan fingerprint density at radius 1 is 1.48 bits per heavy atom. The van der Waals surface area contributed by atoms with Crippen LogP contribution in [0, 0.1) is 12.8 Å². The van der Waals surface area contributed by atoms with Gasteiger partial charge in [-0.1, -0.05) is 0 Å². The van der Waals surface area contributed by atoms with Crippen molar-refractivity contribution in [2.45, 2.75) is 13.0 Å². The number of carbonyl (C=O) groups is 3. The number of fused-ring (bicyclic) bond motifs is 3. The fourth-order valence-electron chi connectivity index (χ4n) is 2.76. The average Bonchev–Trinajstić information content (AvgIpc) is 2.83. The lowest BCUT2D eigenvalue weighted by Crippen LogP contribution is -2.45. The summed E-state index contributed by atoms with van der Waals surface area (Å²) in [6, 6.07) is -0.0806. The first-order valence-electron chi connectivity index (χ1n) is 7.21. The zero-order valence-corrected chi connectivity index (χ0v) is 13.1. The summed E-state index contributed by atoms with van der Waals surface area (Å²) in [6.45, 7) is 3.31. The van der Waals surface area contributed by atoms with Gasteiger partial charge < -0.3 is 24.6 Å². The van der Waals surface area contributed by atoms with E-state index < -0.39 is 0 Å². The first kappa shape index (κ1) is 16.9. The van der Waals surface area contributed by atoms with Gasteiger partial charge in [0.05, 0.1) is 31.4 Å². The predicted octanol–water partition coefficient (Wildman–Crippen LogP) is -0.652. The molecule has 1 aromatic heterocycles. The van der Waals surface area contributed by atoms with Crippen molar-refractivity contribution in [2.24, 2.45) is 5.92 Å². The second-order valence-electron chi connectivity index (χ2n) is 5.54. The number of nitrogens with one attached hydrogen (secondary N) is 1. The normalized spacial score (nSPS) is 23.7. The third-order valence-corrected chi connectivity index (χ3v) is 3.97. The van der Waals surface area contributed by atoms with Gasteiger partial charge in [0.25, 0.3) is 12.4 Å². The largest absolute Gasteiger partial charge is 0.483 e. The Hall–Kier alpha value is -2.42. The van der Waals surface area contributed by atoms with Crippen LogP contribution < -0.4 is 0 Å². The molecule has 0 aromatic carbocycles. The Kier molecular flexibility index (Phi) is 5.32. The highest BCUT2D eigenvalue weighted by Gasteiger charge is 2.39. The molecule has 2 aliphatic heterocycles. The molecule has 2 saturated heterocycles. The Labute approximate surface area is 133 Å². The molecule has 2 amide bonds. The van der Waals surface area contributed by atoms with Crippen LogP contribution in [0.15, 0.2) is 6.20 Å². The van der Waals surface area contributed by atoms with Gasteiger partial charge in [0.15, 0.2) is 0 Å². The number of hydrogen-bond donors (Lipinski definition) is 2. The topological polar surface area (TPSA) is 116 Å². The van der Waals surface area contributed by atoms with Gasteiger partial charge in [-0.2, -0.15) is 0 Å². The molecular weight excluding hydrogens is 304 g/mol. The van der Waals surface area contributed by atoms with E-state index >= 15 is 0 Å². The number of rotatable bonds is 1. The van der Waals surface area contributed by atoms with Crippen molar-refractivity contribution >= 4 is 18.3 Å².